The number of nitrogens with zero attached hydrogens (tertiary/aromatic N) is 1. The molecular formula is C7H16N. The van der Waals surface area contributed by atoms with Crippen molar-refractivity contribution in [3.05, 3.63) is 7.05 Å². The molecule has 0 bridgehead atoms. The molecule has 0 unspecified atom stereocenters. The molecule has 8 heavy (non-hydrogen) atoms. The fourth-order valence-electron chi connectivity index (χ4n) is 0.540. The van der Waals surface area contributed by atoms with E-state index in [1.54, 1.807) is 0 Å². The second-order valence-electron chi connectivity index (χ2n) is 2.06. The van der Waals surface area contributed by atoms with Crippen LogP contribution in [0.3, 0.4) is 0 Å². The van der Waals surface area contributed by atoms with Gasteiger partial charge in [-0.1, -0.05) is 20.3 Å². The largest absolute Gasteiger partial charge is 0.302 e. The summed E-state index contributed by atoms with van der Waals surface area (Å²) in [7, 11) is 3.83. The van der Waals surface area contributed by atoms with Gasteiger partial charge in [0.2, 0.25) is 0 Å². The molecule has 1 radical (unpaired) electrons. The molecule has 0 spiro atoms. The Kier molecular flexibility index (Phi) is 5.08. The maximum Gasteiger partial charge on any atom is 0.0109 e. The minimum absolute atomic E-state index is 1.07. The first-order valence-corrected chi connectivity index (χ1v) is 3.36. The van der Waals surface area contributed by atoms with Gasteiger partial charge in [-0.3, -0.25) is 0 Å². The molecular weight excluding hydrogens is 98.1 g/mol. The first kappa shape index (κ1) is 7.96. The van der Waals surface area contributed by atoms with Crippen LogP contribution in [0.1, 0.15) is 26.7 Å². The van der Waals surface area contributed by atoms with Crippen LogP contribution in [0.4, 0.5) is 0 Å². The summed E-state index contributed by atoms with van der Waals surface area (Å²) in [4.78, 5) is 2.09. The number of hydrogen-bond donors (Lipinski definition) is 0. The van der Waals surface area contributed by atoms with Gasteiger partial charge in [-0.15, -0.1) is 0 Å². The van der Waals surface area contributed by atoms with Gasteiger partial charge in [-0.05, 0) is 19.5 Å². The van der Waals surface area contributed by atoms with Gasteiger partial charge < -0.3 is 4.90 Å². The Bertz CT molecular complexity index is 43.7. The predicted molar refractivity (Wildman–Crippen MR) is 37.5 cm³/mol. The van der Waals surface area contributed by atoms with E-state index < -0.39 is 0 Å². The Morgan fingerprint density at radius 3 is 2.38 bits per heavy atom. The average molecular weight is 114 g/mol. The standard InChI is InChI=1S/C7H16N/c1-4-6-7-8(3)5-2/h3-7H2,1-2H3. The van der Waals surface area contributed by atoms with Crippen molar-refractivity contribution in [1.29, 1.82) is 0 Å². The molecule has 0 saturated carbocycles. The lowest BCUT2D eigenvalue weighted by Crippen LogP contribution is -2.15. The van der Waals surface area contributed by atoms with Crippen molar-refractivity contribution in [3.63, 3.8) is 0 Å². The van der Waals surface area contributed by atoms with Crippen LogP contribution < -0.4 is 0 Å². The van der Waals surface area contributed by atoms with Crippen LogP contribution in [0.2, 0.25) is 0 Å². The Morgan fingerprint density at radius 2 is 2.00 bits per heavy atom. The Hall–Kier alpha value is -0.0400. The zero-order valence-corrected chi connectivity index (χ0v) is 5.98. The van der Waals surface area contributed by atoms with E-state index in [0.29, 0.717) is 0 Å². The third kappa shape index (κ3) is 4.13. The van der Waals surface area contributed by atoms with E-state index in [0.717, 1.165) is 13.1 Å². The summed E-state index contributed by atoms with van der Waals surface area (Å²) < 4.78 is 0. The van der Waals surface area contributed by atoms with Gasteiger partial charge in [0.25, 0.3) is 0 Å². The second kappa shape index (κ2) is 5.10. The van der Waals surface area contributed by atoms with Gasteiger partial charge in [0.15, 0.2) is 0 Å². The van der Waals surface area contributed by atoms with Crippen molar-refractivity contribution < 1.29 is 0 Å². The van der Waals surface area contributed by atoms with Gasteiger partial charge in [0.05, 0.1) is 0 Å². The first-order valence-electron chi connectivity index (χ1n) is 3.36. The number of unbranched alkanes of at least 4 members (excludes halogenated alkanes) is 1. The highest BCUT2D eigenvalue weighted by atomic mass is 15.1. The molecule has 0 aromatic heterocycles. The summed E-state index contributed by atoms with van der Waals surface area (Å²) in [5, 5.41) is 0. The molecule has 0 aromatic rings. The zero-order chi connectivity index (χ0) is 6.41. The summed E-state index contributed by atoms with van der Waals surface area (Å²) >= 11 is 0. The molecule has 49 valence electrons. The lowest BCUT2D eigenvalue weighted by Gasteiger charge is -2.11. The van der Waals surface area contributed by atoms with Crippen molar-refractivity contribution in [2.45, 2.75) is 26.7 Å². The quantitative estimate of drug-likeness (QED) is 0.539. The van der Waals surface area contributed by atoms with E-state index in [1.807, 2.05) is 0 Å². The Labute approximate surface area is 52.7 Å². The van der Waals surface area contributed by atoms with Crippen molar-refractivity contribution in [1.82, 2.24) is 4.90 Å². The summed E-state index contributed by atoms with van der Waals surface area (Å²) in [6.07, 6.45) is 2.54. The van der Waals surface area contributed by atoms with E-state index in [9.17, 15) is 0 Å². The zero-order valence-electron chi connectivity index (χ0n) is 5.98. The third-order valence-electron chi connectivity index (χ3n) is 1.28. The highest BCUT2D eigenvalue weighted by Gasteiger charge is 1.89. The van der Waals surface area contributed by atoms with Crippen molar-refractivity contribution in [2.75, 3.05) is 13.1 Å². The summed E-state index contributed by atoms with van der Waals surface area (Å²) in [6, 6.07) is 0. The lowest BCUT2D eigenvalue weighted by atomic mass is 10.3. The maximum absolute atomic E-state index is 3.83. The lowest BCUT2D eigenvalue weighted by molar-refractivity contribution is 0.381. The van der Waals surface area contributed by atoms with Crippen molar-refractivity contribution in [2.24, 2.45) is 0 Å². The highest BCUT2D eigenvalue weighted by Crippen LogP contribution is 1.90. The molecule has 0 atom stereocenters. The monoisotopic (exact) mass is 114 g/mol. The van der Waals surface area contributed by atoms with E-state index >= 15 is 0 Å². The van der Waals surface area contributed by atoms with Crippen molar-refractivity contribution >= 4 is 0 Å². The summed E-state index contributed by atoms with van der Waals surface area (Å²) in [5.41, 5.74) is 0. The van der Waals surface area contributed by atoms with E-state index in [4.69, 9.17) is 0 Å². The Balaban J connectivity index is 2.86. The fraction of sp³-hybridized carbons (Fsp3) is 0.857. The molecule has 0 fully saturated rings. The van der Waals surface area contributed by atoms with Crippen LogP contribution in [0, 0.1) is 7.05 Å². The predicted octanol–water partition coefficient (Wildman–Crippen LogP) is 1.90. The average Bonchev–Trinajstić information content (AvgIpc) is 1.83. The minimum Gasteiger partial charge on any atom is -0.302 e. The molecule has 0 saturated heterocycles. The van der Waals surface area contributed by atoms with Gasteiger partial charge >= 0.3 is 0 Å². The molecule has 1 heteroatoms. The number of hydrogen-bond acceptors (Lipinski definition) is 1. The van der Waals surface area contributed by atoms with E-state index in [1.165, 1.54) is 12.8 Å². The fourth-order valence-corrected chi connectivity index (χ4v) is 0.540. The summed E-state index contributed by atoms with van der Waals surface area (Å²) in [6.45, 7) is 6.54. The molecule has 0 aliphatic heterocycles. The molecule has 0 rings (SSSR count). The van der Waals surface area contributed by atoms with Crippen LogP contribution in [-0.4, -0.2) is 18.0 Å². The smallest absolute Gasteiger partial charge is 0.0109 e. The molecule has 0 aliphatic rings. The highest BCUT2D eigenvalue weighted by molar-refractivity contribution is 4.49. The van der Waals surface area contributed by atoms with Gasteiger partial charge in [0, 0.05) is 7.05 Å². The van der Waals surface area contributed by atoms with Crippen LogP contribution in [0.15, 0.2) is 0 Å². The van der Waals surface area contributed by atoms with Crippen LogP contribution in [0.25, 0.3) is 0 Å². The molecule has 0 N–H and O–H groups in total. The molecule has 0 heterocycles. The van der Waals surface area contributed by atoms with Gasteiger partial charge in [-0.25, -0.2) is 0 Å². The SMILES string of the molecule is [CH2]N(CC)CCCC. The van der Waals surface area contributed by atoms with Gasteiger partial charge in [-0.2, -0.15) is 0 Å². The maximum atomic E-state index is 3.83. The van der Waals surface area contributed by atoms with Gasteiger partial charge in [0.1, 0.15) is 0 Å². The summed E-state index contributed by atoms with van der Waals surface area (Å²) in [5.74, 6) is 0. The normalized spacial score (nSPS) is 10.5. The van der Waals surface area contributed by atoms with E-state index in [2.05, 4.69) is 25.8 Å². The third-order valence-corrected chi connectivity index (χ3v) is 1.28. The topological polar surface area (TPSA) is 3.24 Å². The molecule has 1 nitrogen and oxygen atoms in total. The number of rotatable bonds is 4. The second-order valence-corrected chi connectivity index (χ2v) is 2.06. The van der Waals surface area contributed by atoms with Crippen LogP contribution in [0.5, 0.6) is 0 Å². The van der Waals surface area contributed by atoms with E-state index in [-0.39, 0.29) is 0 Å². The van der Waals surface area contributed by atoms with Crippen LogP contribution >= 0.6 is 0 Å². The Morgan fingerprint density at radius 1 is 1.38 bits per heavy atom. The molecule has 0 aliphatic carbocycles. The first-order chi connectivity index (χ1) is 3.81. The minimum atomic E-state index is 1.07. The van der Waals surface area contributed by atoms with Crippen LogP contribution in [-0.2, 0) is 0 Å². The molecule has 0 aromatic carbocycles. The van der Waals surface area contributed by atoms with Crippen molar-refractivity contribution in [3.8, 4) is 0 Å². The molecule has 0 amide bonds.